The van der Waals surface area contributed by atoms with Gasteiger partial charge in [-0.3, -0.25) is 19.8 Å². The summed E-state index contributed by atoms with van der Waals surface area (Å²) in [6.45, 7) is 1.60. The van der Waals surface area contributed by atoms with Gasteiger partial charge in [0.05, 0.1) is 12.8 Å². The quantitative estimate of drug-likeness (QED) is 0.783. The maximum atomic E-state index is 11.7. The first kappa shape index (κ1) is 12.8. The molecule has 98 valence electrons. The zero-order chi connectivity index (χ0) is 13.0. The van der Waals surface area contributed by atoms with Crippen LogP contribution < -0.4 is 11.1 Å². The molecule has 1 aliphatic rings. The molecule has 2 heterocycles. The molecule has 0 saturated carbocycles. The zero-order valence-electron chi connectivity index (χ0n) is 10.1. The summed E-state index contributed by atoms with van der Waals surface area (Å²) in [4.78, 5) is 25.3. The van der Waals surface area contributed by atoms with Gasteiger partial charge < -0.3 is 10.2 Å². The van der Waals surface area contributed by atoms with Crippen LogP contribution in [0.2, 0.25) is 0 Å². The van der Waals surface area contributed by atoms with Crippen molar-refractivity contribution in [3.8, 4) is 0 Å². The Morgan fingerprint density at radius 1 is 1.56 bits per heavy atom. The molecule has 2 rings (SSSR count). The van der Waals surface area contributed by atoms with Crippen molar-refractivity contribution in [3.63, 3.8) is 0 Å². The second-order valence-electron chi connectivity index (χ2n) is 4.36. The zero-order valence-corrected chi connectivity index (χ0v) is 10.1. The fraction of sp³-hybridized carbons (Fsp3) is 0.500. The van der Waals surface area contributed by atoms with E-state index in [0.29, 0.717) is 6.54 Å². The lowest BCUT2D eigenvalue weighted by Crippen LogP contribution is -2.44. The minimum absolute atomic E-state index is 0.139. The average molecular weight is 251 g/mol. The van der Waals surface area contributed by atoms with E-state index in [4.69, 9.17) is 10.2 Å². The lowest BCUT2D eigenvalue weighted by Gasteiger charge is -2.21. The molecule has 1 aromatic heterocycles. The highest BCUT2D eigenvalue weighted by molar-refractivity contribution is 6.03. The number of amides is 2. The first-order chi connectivity index (χ1) is 8.70. The van der Waals surface area contributed by atoms with Gasteiger partial charge in [-0.2, -0.15) is 0 Å². The number of hydrogen-bond acceptors (Lipinski definition) is 5. The number of nitrogens with zero attached hydrogens (tertiary/aromatic N) is 1. The summed E-state index contributed by atoms with van der Waals surface area (Å²) in [5.74, 6) is -0.689. The standard InChI is InChI=1S/C12H17N3O3/c13-7-9-3-1-5-15(9)8-11(16)14-12(17)10-4-2-6-18-10/h2,4,6,9H,1,3,5,7-8,13H2,(H,14,16,17). The van der Waals surface area contributed by atoms with Crippen molar-refractivity contribution in [1.82, 2.24) is 10.2 Å². The van der Waals surface area contributed by atoms with Crippen molar-refractivity contribution in [2.45, 2.75) is 18.9 Å². The topological polar surface area (TPSA) is 88.6 Å². The molecule has 1 atom stereocenters. The number of imide groups is 1. The monoisotopic (exact) mass is 251 g/mol. The van der Waals surface area contributed by atoms with Gasteiger partial charge in [-0.25, -0.2) is 0 Å². The Hall–Kier alpha value is -1.66. The number of carbonyl (C=O) groups excluding carboxylic acids is 2. The summed E-state index contributed by atoms with van der Waals surface area (Å²) in [5.41, 5.74) is 5.62. The fourth-order valence-corrected chi connectivity index (χ4v) is 2.19. The van der Waals surface area contributed by atoms with E-state index in [0.717, 1.165) is 19.4 Å². The maximum Gasteiger partial charge on any atom is 0.293 e. The third-order valence-electron chi connectivity index (χ3n) is 3.12. The van der Waals surface area contributed by atoms with E-state index in [-0.39, 0.29) is 24.3 Å². The SMILES string of the molecule is NCC1CCCN1CC(=O)NC(=O)c1ccco1. The Kier molecular flexibility index (Phi) is 4.11. The molecule has 6 heteroatoms. The van der Waals surface area contributed by atoms with Crippen molar-refractivity contribution >= 4 is 11.8 Å². The molecule has 1 fully saturated rings. The lowest BCUT2D eigenvalue weighted by atomic mass is 10.2. The molecule has 0 spiro atoms. The van der Waals surface area contributed by atoms with Gasteiger partial charge in [0.15, 0.2) is 5.76 Å². The molecule has 6 nitrogen and oxygen atoms in total. The van der Waals surface area contributed by atoms with E-state index in [2.05, 4.69) is 5.32 Å². The third kappa shape index (κ3) is 2.96. The summed E-state index contributed by atoms with van der Waals surface area (Å²) >= 11 is 0. The fourth-order valence-electron chi connectivity index (χ4n) is 2.19. The van der Waals surface area contributed by atoms with Crippen molar-refractivity contribution in [2.24, 2.45) is 5.73 Å². The van der Waals surface area contributed by atoms with Gasteiger partial charge in [0, 0.05) is 12.6 Å². The minimum Gasteiger partial charge on any atom is -0.459 e. The molecule has 1 aliphatic heterocycles. The summed E-state index contributed by atoms with van der Waals surface area (Å²) in [6.07, 6.45) is 3.45. The number of carbonyl (C=O) groups is 2. The summed E-state index contributed by atoms with van der Waals surface area (Å²) in [5, 5.41) is 2.30. The summed E-state index contributed by atoms with van der Waals surface area (Å²) < 4.78 is 4.91. The highest BCUT2D eigenvalue weighted by atomic mass is 16.3. The summed E-state index contributed by atoms with van der Waals surface area (Å²) in [7, 11) is 0. The first-order valence-electron chi connectivity index (χ1n) is 6.02. The van der Waals surface area contributed by atoms with E-state index in [9.17, 15) is 9.59 Å². The molecular formula is C12H17N3O3. The number of rotatable bonds is 4. The molecule has 0 aliphatic carbocycles. The molecule has 0 radical (unpaired) electrons. The normalized spacial score (nSPS) is 19.9. The van der Waals surface area contributed by atoms with Crippen molar-refractivity contribution in [3.05, 3.63) is 24.2 Å². The van der Waals surface area contributed by atoms with E-state index >= 15 is 0 Å². The molecule has 1 unspecified atom stereocenters. The average Bonchev–Trinajstić information content (AvgIpc) is 2.98. The predicted octanol–water partition coefficient (Wildman–Crippen LogP) is -0.0409. The highest BCUT2D eigenvalue weighted by Crippen LogP contribution is 2.15. The largest absolute Gasteiger partial charge is 0.459 e. The van der Waals surface area contributed by atoms with Crippen LogP contribution in [0.1, 0.15) is 23.4 Å². The van der Waals surface area contributed by atoms with Crippen LogP contribution in [0.25, 0.3) is 0 Å². The molecule has 0 aromatic carbocycles. The van der Waals surface area contributed by atoms with E-state index in [1.54, 1.807) is 6.07 Å². The van der Waals surface area contributed by atoms with Gasteiger partial charge in [0.2, 0.25) is 5.91 Å². The molecule has 1 saturated heterocycles. The van der Waals surface area contributed by atoms with E-state index in [1.807, 2.05) is 4.90 Å². The van der Waals surface area contributed by atoms with Gasteiger partial charge in [0.25, 0.3) is 5.91 Å². The Labute approximate surface area is 105 Å². The maximum absolute atomic E-state index is 11.7. The second-order valence-corrected chi connectivity index (χ2v) is 4.36. The van der Waals surface area contributed by atoms with Gasteiger partial charge in [-0.15, -0.1) is 0 Å². The molecule has 1 aromatic rings. The number of nitrogens with two attached hydrogens (primary N) is 1. The van der Waals surface area contributed by atoms with Crippen LogP contribution in [0.5, 0.6) is 0 Å². The number of likely N-dealkylation sites (tertiary alicyclic amines) is 1. The van der Waals surface area contributed by atoms with Crippen molar-refractivity contribution < 1.29 is 14.0 Å². The van der Waals surface area contributed by atoms with Gasteiger partial charge in [0.1, 0.15) is 0 Å². The number of furan rings is 1. The van der Waals surface area contributed by atoms with Gasteiger partial charge in [-0.1, -0.05) is 0 Å². The number of hydrogen-bond donors (Lipinski definition) is 2. The Morgan fingerprint density at radius 3 is 3.06 bits per heavy atom. The van der Waals surface area contributed by atoms with Crippen LogP contribution in [-0.2, 0) is 4.79 Å². The van der Waals surface area contributed by atoms with Gasteiger partial charge >= 0.3 is 0 Å². The van der Waals surface area contributed by atoms with Crippen LogP contribution in [0, 0.1) is 0 Å². The molecule has 18 heavy (non-hydrogen) atoms. The molecule has 3 N–H and O–H groups in total. The predicted molar refractivity (Wildman–Crippen MR) is 64.8 cm³/mol. The highest BCUT2D eigenvalue weighted by Gasteiger charge is 2.25. The van der Waals surface area contributed by atoms with Crippen molar-refractivity contribution in [2.75, 3.05) is 19.6 Å². The first-order valence-corrected chi connectivity index (χ1v) is 6.02. The Morgan fingerprint density at radius 2 is 2.39 bits per heavy atom. The number of nitrogens with one attached hydrogen (secondary N) is 1. The van der Waals surface area contributed by atoms with Crippen LogP contribution in [0.15, 0.2) is 22.8 Å². The van der Waals surface area contributed by atoms with Crippen LogP contribution in [0.4, 0.5) is 0 Å². The van der Waals surface area contributed by atoms with Crippen molar-refractivity contribution in [1.29, 1.82) is 0 Å². The Balaban J connectivity index is 1.83. The molecule has 0 bridgehead atoms. The van der Waals surface area contributed by atoms with Crippen LogP contribution in [0.3, 0.4) is 0 Å². The van der Waals surface area contributed by atoms with Gasteiger partial charge in [-0.05, 0) is 31.5 Å². The Bertz CT molecular complexity index is 416. The van der Waals surface area contributed by atoms with E-state index in [1.165, 1.54) is 12.3 Å². The minimum atomic E-state index is -0.506. The molecule has 2 amide bonds. The smallest absolute Gasteiger partial charge is 0.293 e. The van der Waals surface area contributed by atoms with E-state index < -0.39 is 5.91 Å². The third-order valence-corrected chi connectivity index (χ3v) is 3.12. The summed E-state index contributed by atoms with van der Waals surface area (Å²) in [6, 6.07) is 3.36. The van der Waals surface area contributed by atoms with Crippen LogP contribution in [-0.4, -0.2) is 42.4 Å². The second kappa shape index (κ2) is 5.79. The molecular weight excluding hydrogens is 234 g/mol. The van der Waals surface area contributed by atoms with Crippen LogP contribution >= 0.6 is 0 Å². The lowest BCUT2D eigenvalue weighted by molar-refractivity contribution is -0.121.